The van der Waals surface area contributed by atoms with Crippen molar-refractivity contribution in [3.63, 3.8) is 0 Å². The van der Waals surface area contributed by atoms with Gasteiger partial charge in [0.05, 0.1) is 18.2 Å². The van der Waals surface area contributed by atoms with Crippen LogP contribution in [-0.4, -0.2) is 48.4 Å². The number of ether oxygens (including phenoxy) is 2. The highest BCUT2D eigenvalue weighted by Crippen LogP contribution is 2.43. The number of anilines is 1. The van der Waals surface area contributed by atoms with E-state index in [0.29, 0.717) is 30.7 Å². The number of carbonyl (C=O) groups is 1. The summed E-state index contributed by atoms with van der Waals surface area (Å²) in [5, 5.41) is 5.72. The molecule has 8 nitrogen and oxygen atoms in total. The van der Waals surface area contributed by atoms with Gasteiger partial charge in [-0.2, -0.15) is 13.2 Å². The van der Waals surface area contributed by atoms with Crippen LogP contribution in [-0.2, 0) is 15.0 Å². The van der Waals surface area contributed by atoms with Crippen LogP contribution in [0.3, 0.4) is 0 Å². The molecule has 0 saturated carbocycles. The van der Waals surface area contributed by atoms with Gasteiger partial charge < -0.3 is 20.5 Å². The van der Waals surface area contributed by atoms with Gasteiger partial charge in [0, 0.05) is 24.1 Å². The predicted molar refractivity (Wildman–Crippen MR) is 105 cm³/mol. The minimum absolute atomic E-state index is 0.135. The van der Waals surface area contributed by atoms with E-state index in [1.54, 1.807) is 17.5 Å². The Hall–Kier alpha value is -2.44. The SMILES string of the molecule is FC(F)F.NC1=NC2(c3nc(NC(=O)c4ccc(Cl)cn4)cs3)COCCC2CO1. The number of rotatable bonds is 3. The Balaban J connectivity index is 0.000000589. The normalized spacial score (nSPS) is 22.8. The van der Waals surface area contributed by atoms with E-state index in [-0.39, 0.29) is 23.5 Å². The van der Waals surface area contributed by atoms with Crippen molar-refractivity contribution >= 4 is 40.7 Å². The van der Waals surface area contributed by atoms with Gasteiger partial charge in [-0.3, -0.25) is 4.79 Å². The molecule has 162 valence electrons. The molecule has 0 bridgehead atoms. The highest BCUT2D eigenvalue weighted by molar-refractivity contribution is 7.10. The average Bonchev–Trinajstić information content (AvgIpc) is 3.17. The van der Waals surface area contributed by atoms with Crippen LogP contribution in [0.15, 0.2) is 28.7 Å². The summed E-state index contributed by atoms with van der Waals surface area (Å²) in [6.07, 6.45) is 2.23. The Morgan fingerprint density at radius 1 is 1.40 bits per heavy atom. The second-order valence-corrected chi connectivity index (χ2v) is 7.62. The van der Waals surface area contributed by atoms with Gasteiger partial charge in [0.1, 0.15) is 22.1 Å². The van der Waals surface area contributed by atoms with Gasteiger partial charge in [-0.05, 0) is 18.6 Å². The summed E-state index contributed by atoms with van der Waals surface area (Å²) in [7, 11) is 0. The van der Waals surface area contributed by atoms with E-state index in [0.717, 1.165) is 11.4 Å². The number of amides is 1. The fraction of sp³-hybridized carbons (Fsp3) is 0.412. The molecule has 1 amide bonds. The minimum Gasteiger partial charge on any atom is -0.465 e. The predicted octanol–water partition coefficient (Wildman–Crippen LogP) is 3.20. The topological polar surface area (TPSA) is 112 Å². The number of nitrogens with one attached hydrogen (secondary N) is 1. The van der Waals surface area contributed by atoms with Gasteiger partial charge in [0.2, 0.25) is 0 Å². The number of amidine groups is 1. The first-order valence-corrected chi connectivity index (χ1v) is 9.93. The lowest BCUT2D eigenvalue weighted by atomic mass is 9.81. The zero-order chi connectivity index (χ0) is 21.7. The van der Waals surface area contributed by atoms with Gasteiger partial charge in [-0.15, -0.1) is 11.3 Å². The van der Waals surface area contributed by atoms with E-state index < -0.39 is 12.2 Å². The van der Waals surface area contributed by atoms with Crippen LogP contribution in [0.25, 0.3) is 0 Å². The molecule has 4 rings (SSSR count). The molecule has 30 heavy (non-hydrogen) atoms. The molecule has 2 atom stereocenters. The Kier molecular flexibility index (Phi) is 7.10. The number of hydrogen-bond donors (Lipinski definition) is 2. The molecular formula is C17H17ClF3N5O3S. The number of thiazole rings is 1. The standard InChI is InChI=1S/C16H16ClN5O3S.CHF3/c17-10-1-2-11(19-5-10)13(23)20-12-7-26-14(21-12)16-8-24-4-3-9(16)6-25-15(18)22-16;2-1(3)4/h1-2,5,7,9H,3-4,6,8H2,(H2,18,22)(H,20,23);1H. The molecule has 0 aromatic carbocycles. The maximum Gasteiger partial charge on any atom is 0.379 e. The fourth-order valence-electron chi connectivity index (χ4n) is 3.07. The van der Waals surface area contributed by atoms with Crippen molar-refractivity contribution in [1.82, 2.24) is 9.97 Å². The van der Waals surface area contributed by atoms with Crippen molar-refractivity contribution in [2.24, 2.45) is 16.6 Å². The van der Waals surface area contributed by atoms with Gasteiger partial charge >= 0.3 is 6.68 Å². The molecule has 2 aromatic heterocycles. The van der Waals surface area contributed by atoms with Crippen molar-refractivity contribution in [2.75, 3.05) is 25.1 Å². The van der Waals surface area contributed by atoms with Crippen LogP contribution >= 0.6 is 22.9 Å². The molecule has 0 radical (unpaired) electrons. The van der Waals surface area contributed by atoms with E-state index in [2.05, 4.69) is 20.3 Å². The van der Waals surface area contributed by atoms with Crippen molar-refractivity contribution in [2.45, 2.75) is 18.6 Å². The highest BCUT2D eigenvalue weighted by Gasteiger charge is 2.48. The number of hydrogen-bond acceptors (Lipinski definition) is 8. The van der Waals surface area contributed by atoms with Gasteiger partial charge in [0.25, 0.3) is 11.9 Å². The molecule has 1 saturated heterocycles. The van der Waals surface area contributed by atoms with Crippen molar-refractivity contribution in [3.05, 3.63) is 39.4 Å². The van der Waals surface area contributed by atoms with Crippen molar-refractivity contribution in [3.8, 4) is 0 Å². The third-order valence-corrected chi connectivity index (χ3v) is 5.66. The quantitative estimate of drug-likeness (QED) is 0.723. The van der Waals surface area contributed by atoms with Crippen molar-refractivity contribution < 1.29 is 27.4 Å². The zero-order valence-corrected chi connectivity index (χ0v) is 16.9. The summed E-state index contributed by atoms with van der Waals surface area (Å²) in [6, 6.07) is 3.30. The summed E-state index contributed by atoms with van der Waals surface area (Å²) in [5.41, 5.74) is 5.40. The molecule has 0 spiro atoms. The molecule has 2 unspecified atom stereocenters. The van der Waals surface area contributed by atoms with E-state index in [1.807, 2.05) is 0 Å². The maximum atomic E-state index is 12.3. The van der Waals surface area contributed by atoms with Gasteiger partial charge in [0.15, 0.2) is 0 Å². The summed E-state index contributed by atoms with van der Waals surface area (Å²) in [4.78, 5) is 25.4. The average molecular weight is 464 g/mol. The van der Waals surface area contributed by atoms with Crippen molar-refractivity contribution in [1.29, 1.82) is 0 Å². The zero-order valence-electron chi connectivity index (χ0n) is 15.4. The van der Waals surface area contributed by atoms with E-state index in [4.69, 9.17) is 26.8 Å². The Morgan fingerprint density at radius 3 is 2.87 bits per heavy atom. The Morgan fingerprint density at radius 2 is 2.17 bits per heavy atom. The number of carbonyl (C=O) groups excluding carboxylic acids is 1. The molecule has 2 aliphatic heterocycles. The fourth-order valence-corrected chi connectivity index (χ4v) is 4.15. The third kappa shape index (κ3) is 5.18. The van der Waals surface area contributed by atoms with Crippen LogP contribution in [0, 0.1) is 5.92 Å². The van der Waals surface area contributed by atoms with E-state index >= 15 is 0 Å². The number of aromatic nitrogens is 2. The molecule has 1 fully saturated rings. The minimum atomic E-state index is -3.67. The molecule has 2 aliphatic rings. The first-order chi connectivity index (χ1) is 14.3. The molecule has 4 heterocycles. The largest absolute Gasteiger partial charge is 0.465 e. The van der Waals surface area contributed by atoms with Crippen LogP contribution in [0.5, 0.6) is 0 Å². The monoisotopic (exact) mass is 463 g/mol. The summed E-state index contributed by atoms with van der Waals surface area (Å²) in [5.74, 6) is 0.212. The van der Waals surface area contributed by atoms with E-state index in [9.17, 15) is 18.0 Å². The smallest absolute Gasteiger partial charge is 0.379 e. The molecule has 0 aliphatic carbocycles. The lowest BCUT2D eigenvalue weighted by Gasteiger charge is -2.41. The summed E-state index contributed by atoms with van der Waals surface area (Å²) >= 11 is 7.20. The number of halogens is 4. The van der Waals surface area contributed by atoms with Gasteiger partial charge in [-0.1, -0.05) is 11.6 Å². The van der Waals surface area contributed by atoms with Gasteiger partial charge in [-0.25, -0.2) is 15.0 Å². The maximum absolute atomic E-state index is 12.3. The van der Waals surface area contributed by atoms with Crippen LogP contribution in [0.1, 0.15) is 21.9 Å². The molecule has 2 aromatic rings. The van der Waals surface area contributed by atoms with Crippen LogP contribution in [0.4, 0.5) is 19.0 Å². The second kappa shape index (κ2) is 9.58. The van der Waals surface area contributed by atoms with Crippen LogP contribution < -0.4 is 11.1 Å². The number of fused-ring (bicyclic) bond motifs is 1. The van der Waals surface area contributed by atoms with Crippen LogP contribution in [0.2, 0.25) is 5.02 Å². The lowest BCUT2D eigenvalue weighted by Crippen LogP contribution is -2.49. The first-order valence-electron chi connectivity index (χ1n) is 8.67. The summed E-state index contributed by atoms with van der Waals surface area (Å²) < 4.78 is 40.0. The Labute approximate surface area is 178 Å². The molecule has 13 heteroatoms. The number of nitrogens with zero attached hydrogens (tertiary/aromatic N) is 3. The lowest BCUT2D eigenvalue weighted by molar-refractivity contribution is -0.0319. The second-order valence-electron chi connectivity index (χ2n) is 6.32. The number of alkyl halides is 3. The van der Waals surface area contributed by atoms with E-state index in [1.165, 1.54) is 17.5 Å². The number of nitrogens with two attached hydrogens (primary N) is 1. The number of pyridine rings is 1. The molecular weight excluding hydrogens is 447 g/mol. The Bertz CT molecular complexity index is 912. The highest BCUT2D eigenvalue weighted by atomic mass is 35.5. The summed E-state index contributed by atoms with van der Waals surface area (Å²) in [6.45, 7) is -2.14. The first kappa shape index (κ1) is 22.2. The molecule has 3 N–H and O–H groups in total. The number of aliphatic imine (C=N–C) groups is 1. The third-order valence-electron chi connectivity index (χ3n) is 4.43.